The Kier molecular flexibility index (Phi) is 6.40. The lowest BCUT2D eigenvalue weighted by Gasteiger charge is -2.71. The first-order valence-corrected chi connectivity index (χ1v) is 16.9. The zero-order valence-corrected chi connectivity index (χ0v) is 26.8. The number of allylic oxidation sites excluding steroid dienone is 4. The molecule has 2 aromatic carbocycles. The SMILES string of the molecule is C[C@]12CC[C@H]3[C@]4(C=C[C@@]5(C=C4C(=O)Cc4c(F)cccc4Cl)C[C@@H](O)CC[C@]35C)[C@@H]1CC[C@@]21CN(Cc2ccccc2)C(=O)O1. The molecule has 3 spiro atoms. The highest BCUT2D eigenvalue weighted by atomic mass is 35.5. The van der Waals surface area contributed by atoms with Crippen LogP contribution in [0.5, 0.6) is 0 Å². The quantitative estimate of drug-likeness (QED) is 0.342. The number of aliphatic hydroxyl groups is 1. The summed E-state index contributed by atoms with van der Waals surface area (Å²) >= 11 is 6.44. The van der Waals surface area contributed by atoms with E-state index in [4.69, 9.17) is 16.3 Å². The van der Waals surface area contributed by atoms with Crippen molar-refractivity contribution in [3.05, 3.63) is 94.3 Å². The van der Waals surface area contributed by atoms with Gasteiger partial charge < -0.3 is 9.84 Å². The predicted molar refractivity (Wildman–Crippen MR) is 170 cm³/mol. The van der Waals surface area contributed by atoms with Crippen molar-refractivity contribution in [1.82, 2.24) is 4.90 Å². The molecule has 45 heavy (non-hydrogen) atoms. The average Bonchev–Trinajstić information content (AvgIpc) is 3.49. The Morgan fingerprint density at radius 2 is 1.73 bits per heavy atom. The maximum absolute atomic E-state index is 15.0. The van der Waals surface area contributed by atoms with Gasteiger partial charge in [0, 0.05) is 45.4 Å². The lowest BCUT2D eigenvalue weighted by atomic mass is 9.32. The largest absolute Gasteiger partial charge is 0.440 e. The van der Waals surface area contributed by atoms with Gasteiger partial charge in [-0.2, -0.15) is 0 Å². The molecule has 1 amide bonds. The summed E-state index contributed by atoms with van der Waals surface area (Å²) in [6.45, 7) is 5.70. The molecule has 236 valence electrons. The number of ketones is 1. The van der Waals surface area contributed by atoms with Crippen LogP contribution >= 0.6 is 11.6 Å². The second-order valence-electron chi connectivity index (χ2n) is 15.3. The van der Waals surface area contributed by atoms with E-state index >= 15 is 4.39 Å². The van der Waals surface area contributed by atoms with E-state index in [1.54, 1.807) is 12.1 Å². The Balaban J connectivity index is 1.22. The van der Waals surface area contributed by atoms with E-state index < -0.39 is 28.4 Å². The summed E-state index contributed by atoms with van der Waals surface area (Å²) in [5.74, 6) is -0.314. The highest BCUT2D eigenvalue weighted by Gasteiger charge is 2.76. The van der Waals surface area contributed by atoms with Crippen molar-refractivity contribution in [2.75, 3.05) is 6.54 Å². The van der Waals surface area contributed by atoms with Crippen molar-refractivity contribution in [2.45, 2.75) is 83.5 Å². The standard InChI is InChI=1S/C38H41ClFNO4/c1-34-14-11-25(42)20-36(34)17-18-38(27(21-36)30(43)19-26-28(39)9-6-10-29(26)40)31(34)12-15-35(2)32(38)13-16-37(35)23-41(33(44)45-37)22-24-7-4-3-5-8-24/h3-10,17-18,21,25,31-32,42H,11-16,19-20,22-23H2,1-2H3/t25-,31+,32+,34+,35-,36-,37+,38+/m0/s1. The van der Waals surface area contributed by atoms with Gasteiger partial charge in [-0.25, -0.2) is 9.18 Å². The predicted octanol–water partition coefficient (Wildman–Crippen LogP) is 7.84. The van der Waals surface area contributed by atoms with Gasteiger partial charge in [0.15, 0.2) is 5.78 Å². The maximum atomic E-state index is 15.0. The van der Waals surface area contributed by atoms with Gasteiger partial charge in [-0.3, -0.25) is 9.69 Å². The van der Waals surface area contributed by atoms with Crippen LogP contribution in [0.1, 0.15) is 69.9 Å². The van der Waals surface area contributed by atoms with E-state index in [9.17, 15) is 14.7 Å². The number of nitrogens with zero attached hydrogens (tertiary/aromatic N) is 1. The normalized spacial score (nSPS) is 41.0. The molecule has 1 N–H and O–H groups in total. The van der Waals surface area contributed by atoms with Crippen LogP contribution in [0.4, 0.5) is 9.18 Å². The Hall–Kier alpha value is -2.96. The molecule has 7 aliphatic rings. The maximum Gasteiger partial charge on any atom is 0.410 e. The van der Waals surface area contributed by atoms with Gasteiger partial charge in [-0.1, -0.05) is 80.1 Å². The Bertz CT molecular complexity index is 1640. The van der Waals surface area contributed by atoms with E-state index in [2.05, 4.69) is 32.1 Å². The molecule has 1 aliphatic heterocycles. The van der Waals surface area contributed by atoms with Gasteiger partial charge in [0.2, 0.25) is 0 Å². The van der Waals surface area contributed by atoms with E-state index in [0.717, 1.165) is 49.7 Å². The summed E-state index contributed by atoms with van der Waals surface area (Å²) in [4.78, 5) is 29.9. The van der Waals surface area contributed by atoms with Crippen LogP contribution in [0.25, 0.3) is 0 Å². The molecule has 8 atom stereocenters. The molecule has 0 unspecified atom stereocenters. The molecule has 0 radical (unpaired) electrons. The number of amides is 1. The van der Waals surface area contributed by atoms with Crippen LogP contribution in [-0.2, 0) is 22.5 Å². The molecular weight excluding hydrogens is 589 g/mol. The molecule has 6 aliphatic carbocycles. The molecule has 9 rings (SSSR count). The van der Waals surface area contributed by atoms with Crippen molar-refractivity contribution < 1.29 is 23.8 Å². The average molecular weight is 630 g/mol. The van der Waals surface area contributed by atoms with Crippen molar-refractivity contribution >= 4 is 23.5 Å². The fraction of sp³-hybridized carbons (Fsp3) is 0.526. The van der Waals surface area contributed by atoms with Gasteiger partial charge >= 0.3 is 6.09 Å². The number of aliphatic hydroxyl groups excluding tert-OH is 1. The summed E-state index contributed by atoms with van der Waals surface area (Å²) in [6, 6.07) is 14.6. The first-order chi connectivity index (χ1) is 21.5. The zero-order valence-electron chi connectivity index (χ0n) is 26.0. The second kappa shape index (κ2) is 9.78. The van der Waals surface area contributed by atoms with Crippen LogP contribution < -0.4 is 0 Å². The fourth-order valence-corrected chi connectivity index (χ4v) is 11.6. The third kappa shape index (κ3) is 3.82. The number of hydrogen-bond acceptors (Lipinski definition) is 4. The topological polar surface area (TPSA) is 66.8 Å². The van der Waals surface area contributed by atoms with Gasteiger partial charge in [-0.15, -0.1) is 0 Å². The number of benzene rings is 2. The lowest BCUT2D eigenvalue weighted by Crippen LogP contribution is -2.67. The first kappa shape index (κ1) is 29.4. The number of halogens is 2. The molecule has 2 bridgehead atoms. The zero-order chi connectivity index (χ0) is 31.4. The van der Waals surface area contributed by atoms with Gasteiger partial charge in [-0.05, 0) is 79.9 Å². The number of ether oxygens (including phenoxy) is 1. The highest BCUT2D eigenvalue weighted by molar-refractivity contribution is 6.31. The fourth-order valence-electron chi connectivity index (χ4n) is 11.3. The Morgan fingerprint density at radius 3 is 2.51 bits per heavy atom. The molecule has 1 heterocycles. The van der Waals surface area contributed by atoms with Gasteiger partial charge in [0.05, 0.1) is 12.6 Å². The van der Waals surface area contributed by atoms with E-state index in [1.165, 1.54) is 6.07 Å². The summed E-state index contributed by atoms with van der Waals surface area (Å²) in [6.07, 6.45) is 11.6. The van der Waals surface area contributed by atoms with Crippen molar-refractivity contribution in [3.63, 3.8) is 0 Å². The third-order valence-electron chi connectivity index (χ3n) is 13.6. The molecular formula is C38H41ClFNO4. The van der Waals surface area contributed by atoms with Gasteiger partial charge in [0.25, 0.3) is 0 Å². The van der Waals surface area contributed by atoms with Crippen LogP contribution in [0.3, 0.4) is 0 Å². The molecule has 5 nitrogen and oxygen atoms in total. The van der Waals surface area contributed by atoms with Crippen LogP contribution in [0, 0.1) is 39.3 Å². The molecule has 4 fully saturated rings. The van der Waals surface area contributed by atoms with Crippen molar-refractivity contribution in [3.8, 4) is 0 Å². The lowest BCUT2D eigenvalue weighted by molar-refractivity contribution is -0.168. The number of carbonyl (C=O) groups excluding carboxylic acids is 2. The summed E-state index contributed by atoms with van der Waals surface area (Å²) in [7, 11) is 0. The molecule has 3 saturated carbocycles. The van der Waals surface area contributed by atoms with Crippen LogP contribution in [0.15, 0.2) is 72.3 Å². The van der Waals surface area contributed by atoms with Crippen LogP contribution in [0.2, 0.25) is 5.02 Å². The molecule has 0 aromatic heterocycles. The van der Waals surface area contributed by atoms with E-state index in [0.29, 0.717) is 19.5 Å². The minimum absolute atomic E-state index is 0.0674. The van der Waals surface area contributed by atoms with E-state index in [1.807, 2.05) is 35.2 Å². The number of Topliss-reactive ketones (excluding diaryl/α,β-unsaturated/α-hetero) is 1. The number of fused-ring (bicyclic) bond motifs is 2. The summed E-state index contributed by atoms with van der Waals surface area (Å²) in [5.41, 5.74) is -0.0669. The minimum Gasteiger partial charge on any atom is -0.440 e. The van der Waals surface area contributed by atoms with Crippen LogP contribution in [-0.4, -0.2) is 40.1 Å². The molecule has 2 aromatic rings. The van der Waals surface area contributed by atoms with Crippen molar-refractivity contribution in [1.29, 1.82) is 0 Å². The smallest absolute Gasteiger partial charge is 0.410 e. The van der Waals surface area contributed by atoms with Gasteiger partial charge in [0.1, 0.15) is 11.4 Å². The Labute approximate surface area is 269 Å². The number of hydrogen-bond donors (Lipinski definition) is 1. The highest BCUT2D eigenvalue weighted by Crippen LogP contribution is 2.79. The van der Waals surface area contributed by atoms with Crippen molar-refractivity contribution in [2.24, 2.45) is 33.5 Å². The number of carbonyl (C=O) groups is 2. The molecule has 7 heteroatoms. The van der Waals surface area contributed by atoms with E-state index in [-0.39, 0.29) is 51.5 Å². The third-order valence-corrected chi connectivity index (χ3v) is 13.9. The summed E-state index contributed by atoms with van der Waals surface area (Å²) < 4.78 is 21.5. The minimum atomic E-state index is -0.643. The second-order valence-corrected chi connectivity index (χ2v) is 15.7. The monoisotopic (exact) mass is 629 g/mol. The first-order valence-electron chi connectivity index (χ1n) is 16.6. The Morgan fingerprint density at radius 1 is 1.00 bits per heavy atom. The summed E-state index contributed by atoms with van der Waals surface area (Å²) in [5, 5.41) is 11.2. The number of rotatable bonds is 5. The molecule has 1 saturated heterocycles.